The van der Waals surface area contributed by atoms with Crippen LogP contribution in [0.15, 0.2) is 85.1 Å². The van der Waals surface area contributed by atoms with E-state index in [1.807, 2.05) is 48.3 Å². The van der Waals surface area contributed by atoms with Gasteiger partial charge in [-0.15, -0.1) is 0 Å². The van der Waals surface area contributed by atoms with Crippen LogP contribution in [0.4, 0.5) is 11.4 Å². The van der Waals surface area contributed by atoms with Crippen LogP contribution in [-0.2, 0) is 0 Å². The lowest BCUT2D eigenvalue weighted by Gasteiger charge is -2.19. The molecule has 1 saturated carbocycles. The maximum atomic E-state index is 13.2. The van der Waals surface area contributed by atoms with Crippen molar-refractivity contribution in [2.45, 2.75) is 12.8 Å². The Morgan fingerprint density at radius 2 is 1.70 bits per heavy atom. The van der Waals surface area contributed by atoms with Gasteiger partial charge >= 0.3 is 5.97 Å². The van der Waals surface area contributed by atoms with Gasteiger partial charge in [0.05, 0.1) is 24.1 Å². The summed E-state index contributed by atoms with van der Waals surface area (Å²) < 4.78 is 5.99. The Hall–Kier alpha value is -4.16. The van der Waals surface area contributed by atoms with E-state index in [2.05, 4.69) is 4.98 Å². The molecule has 0 bridgehead atoms. The van der Waals surface area contributed by atoms with Crippen LogP contribution >= 0.6 is 11.6 Å². The average Bonchev–Trinajstić information content (AvgIpc) is 3.76. The lowest BCUT2D eigenvalue weighted by Crippen LogP contribution is -2.11. The molecule has 4 aromatic rings. The number of ketones is 1. The molecule has 6 nitrogen and oxygen atoms in total. The topological polar surface area (TPSA) is 79.7 Å². The number of nitrogens with zero attached hydrogens (tertiary/aromatic N) is 2. The third-order valence-corrected chi connectivity index (χ3v) is 6.69. The van der Waals surface area contributed by atoms with Crippen LogP contribution in [0.5, 0.6) is 5.75 Å². The number of halogens is 1. The zero-order valence-electron chi connectivity index (χ0n) is 20.2. The number of carboxylic acids is 1. The van der Waals surface area contributed by atoms with Crippen molar-refractivity contribution in [3.63, 3.8) is 0 Å². The highest BCUT2D eigenvalue weighted by molar-refractivity contribution is 6.30. The molecule has 0 amide bonds. The van der Waals surface area contributed by atoms with Crippen molar-refractivity contribution in [2.75, 3.05) is 18.6 Å². The van der Waals surface area contributed by atoms with Gasteiger partial charge in [0.25, 0.3) is 0 Å². The van der Waals surface area contributed by atoms with Crippen LogP contribution < -0.4 is 9.64 Å². The lowest BCUT2D eigenvalue weighted by molar-refractivity contribution is 0.0697. The van der Waals surface area contributed by atoms with E-state index in [-0.39, 0.29) is 22.6 Å². The fourth-order valence-corrected chi connectivity index (χ4v) is 4.21. The predicted molar refractivity (Wildman–Crippen MR) is 144 cm³/mol. The zero-order valence-corrected chi connectivity index (χ0v) is 21.0. The van der Waals surface area contributed by atoms with Crippen molar-refractivity contribution in [1.29, 1.82) is 0 Å². The minimum absolute atomic E-state index is 0.0346. The third-order valence-electron chi connectivity index (χ3n) is 6.44. The van der Waals surface area contributed by atoms with Crippen LogP contribution in [0.2, 0.25) is 5.02 Å². The first-order valence-electron chi connectivity index (χ1n) is 12.0. The van der Waals surface area contributed by atoms with E-state index in [1.165, 1.54) is 6.07 Å². The molecule has 1 aliphatic carbocycles. The molecule has 7 heteroatoms. The largest absolute Gasteiger partial charge is 0.493 e. The Balaban J connectivity index is 1.40. The molecular weight excluding hydrogens is 488 g/mol. The fourth-order valence-electron chi connectivity index (χ4n) is 4.08. The summed E-state index contributed by atoms with van der Waals surface area (Å²) in [6.07, 6.45) is 3.93. The van der Waals surface area contributed by atoms with Gasteiger partial charge in [0.1, 0.15) is 11.4 Å². The van der Waals surface area contributed by atoms with Gasteiger partial charge < -0.3 is 14.7 Å². The Morgan fingerprint density at radius 3 is 2.38 bits per heavy atom. The number of carbonyl (C=O) groups excluding carboxylic acids is 1. The summed E-state index contributed by atoms with van der Waals surface area (Å²) in [7, 11) is 1.89. The third kappa shape index (κ3) is 5.49. The quantitative estimate of drug-likeness (QED) is 0.246. The van der Waals surface area contributed by atoms with Crippen molar-refractivity contribution in [3.8, 4) is 16.9 Å². The molecule has 5 rings (SSSR count). The summed E-state index contributed by atoms with van der Waals surface area (Å²) in [6, 6.07) is 22.9. The number of pyridine rings is 1. The zero-order chi connectivity index (χ0) is 25.9. The first-order chi connectivity index (χ1) is 17.9. The van der Waals surface area contributed by atoms with E-state index in [0.717, 1.165) is 24.2 Å². The number of para-hydroxylation sites is 1. The second-order valence-corrected chi connectivity index (χ2v) is 9.52. The van der Waals surface area contributed by atoms with Crippen LogP contribution in [0.3, 0.4) is 0 Å². The monoisotopic (exact) mass is 512 g/mol. The molecule has 0 saturated heterocycles. The number of aromatic carboxylic acids is 1. The van der Waals surface area contributed by atoms with Gasteiger partial charge in [-0.2, -0.15) is 0 Å². The van der Waals surface area contributed by atoms with Crippen LogP contribution in [-0.4, -0.2) is 35.5 Å². The van der Waals surface area contributed by atoms with Gasteiger partial charge in [-0.3, -0.25) is 9.78 Å². The molecule has 0 spiro atoms. The summed E-state index contributed by atoms with van der Waals surface area (Å²) >= 11 is 5.98. The SMILES string of the molecule is CN(c1ccc(Cl)cc1)c1ccc(C(=O)c2ccc(-c3ccccc3OCC3CC3)c(C(=O)O)c2)nc1. The highest BCUT2D eigenvalue weighted by atomic mass is 35.5. The fraction of sp³-hybridized carbons (Fsp3) is 0.167. The molecule has 0 unspecified atom stereocenters. The second kappa shape index (κ2) is 10.4. The number of carboxylic acid groups (broad SMARTS) is 1. The van der Waals surface area contributed by atoms with E-state index >= 15 is 0 Å². The standard InChI is InChI=1S/C30H25ClN2O4/c1-33(22-11-9-21(31)10-12-22)23-13-15-27(32-17-23)29(34)20-8-14-24(26(16-20)30(35)36)25-4-2-3-5-28(25)37-18-19-6-7-19/h2-5,8-17,19H,6-7,18H2,1H3,(H,35,36). The van der Waals surface area contributed by atoms with Crippen LogP contribution in [0.25, 0.3) is 11.1 Å². The Morgan fingerprint density at radius 1 is 0.973 bits per heavy atom. The summed E-state index contributed by atoms with van der Waals surface area (Å²) in [5.74, 6) is -0.266. The molecule has 186 valence electrons. The molecule has 0 aliphatic heterocycles. The molecule has 37 heavy (non-hydrogen) atoms. The molecule has 1 aliphatic rings. The Labute approximate surface area is 220 Å². The number of ether oxygens (including phenoxy) is 1. The lowest BCUT2D eigenvalue weighted by atomic mass is 9.95. The van der Waals surface area contributed by atoms with Crippen LogP contribution in [0.1, 0.15) is 39.3 Å². The Kier molecular flexibility index (Phi) is 6.93. The van der Waals surface area contributed by atoms with Crippen molar-refractivity contribution < 1.29 is 19.4 Å². The van der Waals surface area contributed by atoms with Gasteiger partial charge in [-0.25, -0.2) is 4.79 Å². The number of hydrogen-bond acceptors (Lipinski definition) is 5. The summed E-state index contributed by atoms with van der Waals surface area (Å²) in [5.41, 5.74) is 3.42. The smallest absolute Gasteiger partial charge is 0.336 e. The highest BCUT2D eigenvalue weighted by Crippen LogP contribution is 2.36. The van der Waals surface area contributed by atoms with Gasteiger partial charge in [0.2, 0.25) is 5.78 Å². The molecule has 0 atom stereocenters. The van der Waals surface area contributed by atoms with E-state index in [0.29, 0.717) is 34.4 Å². The van der Waals surface area contributed by atoms with Crippen molar-refractivity contribution in [1.82, 2.24) is 4.98 Å². The average molecular weight is 513 g/mol. The molecule has 3 aromatic carbocycles. The molecule has 0 radical (unpaired) electrons. The minimum atomic E-state index is -1.12. The van der Waals surface area contributed by atoms with Gasteiger partial charge in [-0.1, -0.05) is 41.9 Å². The first-order valence-corrected chi connectivity index (χ1v) is 12.4. The minimum Gasteiger partial charge on any atom is -0.493 e. The number of hydrogen-bond donors (Lipinski definition) is 1. The van der Waals surface area contributed by atoms with Crippen molar-refractivity contribution >= 4 is 34.7 Å². The summed E-state index contributed by atoms with van der Waals surface area (Å²) in [5, 5.41) is 10.6. The van der Waals surface area contributed by atoms with Gasteiger partial charge in [0, 0.05) is 28.9 Å². The predicted octanol–water partition coefficient (Wildman–Crippen LogP) is 6.89. The molecular formula is C30H25ClN2O4. The van der Waals surface area contributed by atoms with Crippen LogP contribution in [0, 0.1) is 5.92 Å². The maximum absolute atomic E-state index is 13.2. The number of rotatable bonds is 9. The van der Waals surface area contributed by atoms with Crippen molar-refractivity contribution in [3.05, 3.63) is 107 Å². The highest BCUT2D eigenvalue weighted by Gasteiger charge is 2.24. The number of aromatic nitrogens is 1. The molecule has 1 heterocycles. The number of anilines is 2. The summed E-state index contributed by atoms with van der Waals surface area (Å²) in [4.78, 5) is 31.7. The molecule has 1 N–H and O–H groups in total. The second-order valence-electron chi connectivity index (χ2n) is 9.08. The van der Waals surface area contributed by atoms with E-state index in [1.54, 1.807) is 42.6 Å². The number of benzene rings is 3. The molecule has 1 fully saturated rings. The molecule has 1 aromatic heterocycles. The Bertz CT molecular complexity index is 1450. The first kappa shape index (κ1) is 24.5. The van der Waals surface area contributed by atoms with Crippen molar-refractivity contribution in [2.24, 2.45) is 5.92 Å². The summed E-state index contributed by atoms with van der Waals surface area (Å²) in [6.45, 7) is 0.616. The number of carbonyl (C=O) groups is 2. The maximum Gasteiger partial charge on any atom is 0.336 e. The van der Waals surface area contributed by atoms with E-state index < -0.39 is 5.97 Å². The van der Waals surface area contributed by atoms with Gasteiger partial charge in [-0.05, 0) is 72.9 Å². The van der Waals surface area contributed by atoms with E-state index in [9.17, 15) is 14.7 Å². The normalized spacial score (nSPS) is 12.7. The van der Waals surface area contributed by atoms with Gasteiger partial charge in [0.15, 0.2) is 0 Å². The van der Waals surface area contributed by atoms with E-state index in [4.69, 9.17) is 16.3 Å².